The molecular formula is C31H37F2N3O3. The second-order valence-electron chi connectivity index (χ2n) is 11.2. The Balaban J connectivity index is 1.58. The Kier molecular flexibility index (Phi) is 8.83. The molecule has 39 heavy (non-hydrogen) atoms. The van der Waals surface area contributed by atoms with E-state index in [9.17, 15) is 13.6 Å². The third kappa shape index (κ3) is 7.52. The molecule has 0 atom stereocenters. The van der Waals surface area contributed by atoms with Crippen molar-refractivity contribution in [1.29, 1.82) is 0 Å². The maximum absolute atomic E-state index is 13.4. The van der Waals surface area contributed by atoms with Crippen molar-refractivity contribution in [3.8, 4) is 17.0 Å². The minimum absolute atomic E-state index is 0.141. The number of carbonyl (C=O) groups excluding carboxylic acids is 1. The Labute approximate surface area is 229 Å². The molecule has 1 aromatic carbocycles. The van der Waals surface area contributed by atoms with Crippen molar-refractivity contribution < 1.29 is 23.0 Å². The van der Waals surface area contributed by atoms with E-state index in [1.54, 1.807) is 6.20 Å². The number of esters is 1. The van der Waals surface area contributed by atoms with Crippen LogP contribution < -0.4 is 9.64 Å². The molecule has 208 valence electrons. The van der Waals surface area contributed by atoms with E-state index in [0.717, 1.165) is 60.2 Å². The number of aromatic nitrogens is 2. The van der Waals surface area contributed by atoms with Crippen molar-refractivity contribution in [1.82, 2.24) is 9.97 Å². The van der Waals surface area contributed by atoms with Crippen LogP contribution in [0.2, 0.25) is 0 Å². The van der Waals surface area contributed by atoms with Crippen LogP contribution in [0.3, 0.4) is 0 Å². The summed E-state index contributed by atoms with van der Waals surface area (Å²) in [5, 5.41) is 0. The van der Waals surface area contributed by atoms with Gasteiger partial charge in [0.2, 0.25) is 0 Å². The van der Waals surface area contributed by atoms with Gasteiger partial charge in [-0.15, -0.1) is 0 Å². The monoisotopic (exact) mass is 537 g/mol. The Hall–Kier alpha value is -3.55. The van der Waals surface area contributed by atoms with Crippen LogP contribution in [-0.4, -0.2) is 41.7 Å². The molecule has 0 unspecified atom stereocenters. The summed E-state index contributed by atoms with van der Waals surface area (Å²) in [5.41, 5.74) is 5.02. The first kappa shape index (κ1) is 28.5. The first-order chi connectivity index (χ1) is 18.5. The third-order valence-electron chi connectivity index (χ3n) is 7.08. The lowest BCUT2D eigenvalue weighted by molar-refractivity contribution is -0.146. The zero-order valence-corrected chi connectivity index (χ0v) is 23.4. The van der Waals surface area contributed by atoms with Gasteiger partial charge in [0.15, 0.2) is 0 Å². The van der Waals surface area contributed by atoms with Gasteiger partial charge in [-0.25, -0.2) is 8.78 Å². The molecule has 1 aliphatic heterocycles. The van der Waals surface area contributed by atoms with E-state index < -0.39 is 11.6 Å². The third-order valence-corrected chi connectivity index (χ3v) is 7.08. The normalized spacial score (nSPS) is 14.9. The van der Waals surface area contributed by atoms with Gasteiger partial charge in [-0.1, -0.05) is 13.8 Å². The van der Waals surface area contributed by atoms with Crippen LogP contribution in [0.4, 0.5) is 14.5 Å². The molecule has 0 saturated carbocycles. The summed E-state index contributed by atoms with van der Waals surface area (Å²) < 4.78 is 38.1. The number of rotatable bonds is 9. The maximum atomic E-state index is 13.4. The largest absolute Gasteiger partial charge is 0.492 e. The van der Waals surface area contributed by atoms with E-state index >= 15 is 0 Å². The van der Waals surface area contributed by atoms with Gasteiger partial charge in [-0.05, 0) is 68.9 Å². The van der Waals surface area contributed by atoms with E-state index in [2.05, 4.69) is 28.7 Å². The molecule has 3 aromatic rings. The highest BCUT2D eigenvalue weighted by molar-refractivity contribution is 5.84. The smallest absolute Gasteiger partial charge is 0.310 e. The fraction of sp³-hybridized carbons (Fsp3) is 0.452. The van der Waals surface area contributed by atoms with Gasteiger partial charge in [0.1, 0.15) is 17.4 Å². The molecule has 0 N–H and O–H groups in total. The van der Waals surface area contributed by atoms with Gasteiger partial charge in [0.05, 0.1) is 36.7 Å². The SMILES string of the molecule is Cc1ncc(-c2ccc(OCCc3cc(F)cc(F)c3)cn2)c(N2CCC(C)(C)CC2)c1CC(=O)OC(C)C. The summed E-state index contributed by atoms with van der Waals surface area (Å²) in [6.45, 7) is 12.2. The van der Waals surface area contributed by atoms with Crippen LogP contribution in [-0.2, 0) is 22.4 Å². The van der Waals surface area contributed by atoms with Crippen LogP contribution in [0.5, 0.6) is 5.75 Å². The van der Waals surface area contributed by atoms with Crippen LogP contribution in [0.1, 0.15) is 57.4 Å². The summed E-state index contributed by atoms with van der Waals surface area (Å²) in [6.07, 6.45) is 5.85. The standard InChI is InChI=1S/C31H37F2N3O3/c1-20(2)39-29(37)17-26-21(3)34-19-27(30(26)36-11-9-31(4,5)10-12-36)28-7-6-25(18-35-28)38-13-8-22-14-23(32)16-24(33)15-22/h6-7,14-16,18-20H,8-13,17H2,1-5H3. The average molecular weight is 538 g/mol. The van der Waals surface area contributed by atoms with E-state index in [-0.39, 0.29) is 30.5 Å². The molecule has 0 radical (unpaired) electrons. The molecule has 1 aliphatic rings. The molecule has 8 heteroatoms. The summed E-state index contributed by atoms with van der Waals surface area (Å²) in [6, 6.07) is 7.15. The van der Waals surface area contributed by atoms with Gasteiger partial charge in [0, 0.05) is 48.6 Å². The summed E-state index contributed by atoms with van der Waals surface area (Å²) >= 11 is 0. The van der Waals surface area contributed by atoms with Gasteiger partial charge in [-0.2, -0.15) is 0 Å². The molecule has 2 aromatic heterocycles. The molecule has 0 spiro atoms. The lowest BCUT2D eigenvalue weighted by Gasteiger charge is -2.40. The lowest BCUT2D eigenvalue weighted by atomic mass is 9.82. The number of benzene rings is 1. The molecule has 1 saturated heterocycles. The first-order valence-electron chi connectivity index (χ1n) is 13.5. The van der Waals surface area contributed by atoms with E-state index in [1.807, 2.05) is 39.1 Å². The fourth-order valence-corrected chi connectivity index (χ4v) is 4.85. The summed E-state index contributed by atoms with van der Waals surface area (Å²) in [4.78, 5) is 24.3. The van der Waals surface area contributed by atoms with Crippen LogP contribution in [0.25, 0.3) is 11.3 Å². The summed E-state index contributed by atoms with van der Waals surface area (Å²) in [5.74, 6) is -0.932. The maximum Gasteiger partial charge on any atom is 0.310 e. The van der Waals surface area contributed by atoms with Gasteiger partial charge in [-0.3, -0.25) is 14.8 Å². The average Bonchev–Trinajstić information content (AvgIpc) is 2.85. The number of anilines is 1. The minimum Gasteiger partial charge on any atom is -0.492 e. The van der Waals surface area contributed by atoms with Gasteiger partial charge >= 0.3 is 5.97 Å². The van der Waals surface area contributed by atoms with Crippen molar-refractivity contribution in [2.75, 3.05) is 24.6 Å². The highest BCUT2D eigenvalue weighted by Crippen LogP contribution is 2.39. The number of hydrogen-bond donors (Lipinski definition) is 0. The number of hydrogen-bond acceptors (Lipinski definition) is 6. The molecule has 0 amide bonds. The number of carbonyl (C=O) groups is 1. The van der Waals surface area contributed by atoms with Crippen molar-refractivity contribution in [2.24, 2.45) is 5.41 Å². The Morgan fingerprint density at radius 1 is 1.05 bits per heavy atom. The molecule has 6 nitrogen and oxygen atoms in total. The highest BCUT2D eigenvalue weighted by Gasteiger charge is 2.30. The quantitative estimate of drug-likeness (QED) is 0.292. The van der Waals surface area contributed by atoms with Crippen molar-refractivity contribution >= 4 is 11.7 Å². The predicted octanol–water partition coefficient (Wildman–Crippen LogP) is 6.47. The lowest BCUT2D eigenvalue weighted by Crippen LogP contribution is -2.38. The van der Waals surface area contributed by atoms with Crippen molar-refractivity contribution in [2.45, 2.75) is 66.4 Å². The predicted molar refractivity (Wildman–Crippen MR) is 148 cm³/mol. The number of nitrogens with zero attached hydrogens (tertiary/aromatic N) is 3. The second-order valence-corrected chi connectivity index (χ2v) is 11.2. The van der Waals surface area contributed by atoms with Crippen LogP contribution >= 0.6 is 0 Å². The number of ether oxygens (including phenoxy) is 2. The van der Waals surface area contributed by atoms with Crippen molar-refractivity contribution in [3.63, 3.8) is 0 Å². The zero-order chi connectivity index (χ0) is 28.2. The number of piperidine rings is 1. The van der Waals surface area contributed by atoms with Gasteiger partial charge < -0.3 is 14.4 Å². The minimum atomic E-state index is -0.604. The topological polar surface area (TPSA) is 64.6 Å². The van der Waals surface area contributed by atoms with Gasteiger partial charge in [0.25, 0.3) is 0 Å². The number of aryl methyl sites for hydroxylation is 1. The van der Waals surface area contributed by atoms with Crippen LogP contribution in [0.15, 0.2) is 42.7 Å². The zero-order valence-electron chi connectivity index (χ0n) is 23.4. The highest BCUT2D eigenvalue weighted by atomic mass is 19.1. The molecule has 3 heterocycles. The molecule has 4 rings (SSSR count). The molecule has 1 fully saturated rings. The molecule has 0 bridgehead atoms. The molecule has 0 aliphatic carbocycles. The Morgan fingerprint density at radius 3 is 2.36 bits per heavy atom. The van der Waals surface area contributed by atoms with E-state index in [0.29, 0.717) is 17.7 Å². The Morgan fingerprint density at radius 2 is 1.74 bits per heavy atom. The first-order valence-corrected chi connectivity index (χ1v) is 13.5. The number of halogens is 2. The molecular weight excluding hydrogens is 500 g/mol. The van der Waals surface area contributed by atoms with E-state index in [1.165, 1.54) is 12.1 Å². The Bertz CT molecular complexity index is 1280. The van der Waals surface area contributed by atoms with Crippen LogP contribution in [0, 0.1) is 24.0 Å². The fourth-order valence-electron chi connectivity index (χ4n) is 4.85. The second kappa shape index (κ2) is 12.1. The number of pyridine rings is 2. The van der Waals surface area contributed by atoms with Crippen molar-refractivity contribution in [3.05, 3.63) is 71.2 Å². The van der Waals surface area contributed by atoms with E-state index in [4.69, 9.17) is 9.47 Å². The summed E-state index contributed by atoms with van der Waals surface area (Å²) in [7, 11) is 0.